The third-order valence-electron chi connectivity index (χ3n) is 5.18. The normalized spacial score (nSPS) is 25.9. The Kier molecular flexibility index (Phi) is 4.40. The fraction of sp³-hybridized carbons (Fsp3) is 0.350. The number of amidine groups is 1. The van der Waals surface area contributed by atoms with Gasteiger partial charge in [0, 0.05) is 34.2 Å². The monoisotopic (exact) mass is 401 g/mol. The molecule has 138 valence electrons. The maximum absolute atomic E-state index is 13.1. The van der Waals surface area contributed by atoms with Crippen molar-refractivity contribution >= 4 is 52.5 Å². The van der Waals surface area contributed by atoms with E-state index in [0.29, 0.717) is 40.1 Å². The van der Waals surface area contributed by atoms with E-state index >= 15 is 0 Å². The highest BCUT2D eigenvalue weighted by molar-refractivity contribution is 6.52. The predicted molar refractivity (Wildman–Crippen MR) is 107 cm³/mol. The first-order chi connectivity index (χ1) is 12.8. The van der Waals surface area contributed by atoms with Gasteiger partial charge in [-0.15, -0.1) is 11.6 Å². The average Bonchev–Trinajstić information content (AvgIpc) is 3.07. The summed E-state index contributed by atoms with van der Waals surface area (Å²) in [4.78, 5) is 39.6. The molecule has 5 nitrogen and oxygen atoms in total. The number of halogens is 2. The lowest BCUT2D eigenvalue weighted by Crippen LogP contribution is -2.49. The summed E-state index contributed by atoms with van der Waals surface area (Å²) in [5.41, 5.74) is 1.30. The molecule has 0 aromatic heterocycles. The first-order valence-corrected chi connectivity index (χ1v) is 9.62. The Morgan fingerprint density at radius 1 is 1.11 bits per heavy atom. The third-order valence-corrected chi connectivity index (χ3v) is 5.65. The topological polar surface area (TPSA) is 71.2 Å². The number of ketones is 2. The molecule has 2 heterocycles. The van der Waals surface area contributed by atoms with Gasteiger partial charge in [0.2, 0.25) is 0 Å². The smallest absolute Gasteiger partial charge is 0.187 e. The van der Waals surface area contributed by atoms with E-state index in [1.165, 1.54) is 0 Å². The van der Waals surface area contributed by atoms with E-state index in [1.54, 1.807) is 44.3 Å². The zero-order chi connectivity index (χ0) is 19.3. The van der Waals surface area contributed by atoms with Gasteiger partial charge in [-0.2, -0.15) is 0 Å². The van der Waals surface area contributed by atoms with E-state index in [9.17, 15) is 9.59 Å². The molecule has 0 spiro atoms. The summed E-state index contributed by atoms with van der Waals surface area (Å²) in [7, 11) is 0. The van der Waals surface area contributed by atoms with E-state index in [-0.39, 0.29) is 11.6 Å². The van der Waals surface area contributed by atoms with Crippen molar-refractivity contribution in [1.29, 1.82) is 0 Å². The Morgan fingerprint density at radius 2 is 1.81 bits per heavy atom. The first-order valence-electron chi connectivity index (χ1n) is 8.71. The highest BCUT2D eigenvalue weighted by Crippen LogP contribution is 2.41. The fourth-order valence-electron chi connectivity index (χ4n) is 3.69. The van der Waals surface area contributed by atoms with Crippen LogP contribution in [0.1, 0.15) is 25.8 Å². The number of carbonyl (C=O) groups is 2. The van der Waals surface area contributed by atoms with E-state index in [2.05, 4.69) is 15.0 Å². The number of aliphatic imine (C=N–C) groups is 3. The molecule has 4 rings (SSSR count). The van der Waals surface area contributed by atoms with Gasteiger partial charge in [-0.05, 0) is 44.5 Å². The van der Waals surface area contributed by atoms with Gasteiger partial charge in [-0.1, -0.05) is 11.6 Å². The molecular formula is C20H17Cl2N3O2. The van der Waals surface area contributed by atoms with Crippen LogP contribution in [0.4, 0.5) is 0 Å². The summed E-state index contributed by atoms with van der Waals surface area (Å²) in [6, 6.07) is 7.09. The Hall–Kier alpha value is -2.11. The minimum Gasteiger partial charge on any atom is -0.296 e. The molecule has 2 unspecified atom stereocenters. The van der Waals surface area contributed by atoms with Crippen molar-refractivity contribution in [2.75, 3.05) is 5.88 Å². The molecule has 7 heteroatoms. The Labute approximate surface area is 166 Å². The Balaban J connectivity index is 1.88. The van der Waals surface area contributed by atoms with Gasteiger partial charge in [0.15, 0.2) is 17.4 Å². The number of fused-ring (bicyclic) bond motifs is 2. The number of allylic oxidation sites excluding steroid dienone is 2. The third kappa shape index (κ3) is 2.89. The predicted octanol–water partition coefficient (Wildman–Crippen LogP) is 3.67. The summed E-state index contributed by atoms with van der Waals surface area (Å²) in [6.45, 7) is 3.52. The molecular weight excluding hydrogens is 385 g/mol. The molecule has 1 aromatic rings. The maximum Gasteiger partial charge on any atom is 0.187 e. The molecule has 0 fully saturated rings. The van der Waals surface area contributed by atoms with Crippen molar-refractivity contribution in [2.45, 2.75) is 25.8 Å². The van der Waals surface area contributed by atoms with Gasteiger partial charge in [0.05, 0.1) is 5.92 Å². The average molecular weight is 402 g/mol. The number of nitrogens with zero attached hydrogens (tertiary/aromatic N) is 3. The van der Waals surface area contributed by atoms with E-state index < -0.39 is 17.4 Å². The van der Waals surface area contributed by atoms with Crippen LogP contribution < -0.4 is 0 Å². The summed E-state index contributed by atoms with van der Waals surface area (Å²) in [5, 5.41) is 0.606. The molecule has 0 bridgehead atoms. The van der Waals surface area contributed by atoms with E-state index in [1.807, 2.05) is 0 Å². The van der Waals surface area contributed by atoms with Gasteiger partial charge in [0.25, 0.3) is 0 Å². The lowest BCUT2D eigenvalue weighted by Gasteiger charge is -2.37. The quantitative estimate of drug-likeness (QED) is 0.724. The van der Waals surface area contributed by atoms with Crippen molar-refractivity contribution in [1.82, 2.24) is 0 Å². The molecule has 0 amide bonds. The Morgan fingerprint density at radius 3 is 2.48 bits per heavy atom. The highest BCUT2D eigenvalue weighted by atomic mass is 35.5. The second-order valence-corrected chi connectivity index (χ2v) is 8.13. The number of alkyl halides is 1. The van der Waals surface area contributed by atoms with Crippen LogP contribution in [0.5, 0.6) is 0 Å². The van der Waals surface area contributed by atoms with Crippen LogP contribution in [-0.2, 0) is 9.59 Å². The summed E-state index contributed by atoms with van der Waals surface area (Å²) >= 11 is 11.9. The van der Waals surface area contributed by atoms with Crippen molar-refractivity contribution in [2.24, 2.45) is 26.8 Å². The van der Waals surface area contributed by atoms with Crippen LogP contribution in [0, 0.1) is 11.8 Å². The van der Waals surface area contributed by atoms with Gasteiger partial charge in [-0.25, -0.2) is 9.98 Å². The summed E-state index contributed by atoms with van der Waals surface area (Å²) in [6.07, 6.45) is 2.09. The van der Waals surface area contributed by atoms with Crippen LogP contribution in [-0.4, -0.2) is 40.7 Å². The largest absolute Gasteiger partial charge is 0.296 e. The highest BCUT2D eigenvalue weighted by Gasteiger charge is 2.50. The van der Waals surface area contributed by atoms with Crippen molar-refractivity contribution in [3.8, 4) is 0 Å². The van der Waals surface area contributed by atoms with Crippen molar-refractivity contribution in [3.05, 3.63) is 46.1 Å². The molecule has 0 saturated heterocycles. The molecule has 27 heavy (non-hydrogen) atoms. The lowest BCUT2D eigenvalue weighted by atomic mass is 9.67. The number of rotatable bonds is 3. The Bertz CT molecular complexity index is 971. The summed E-state index contributed by atoms with van der Waals surface area (Å²) in [5.74, 6) is -0.632. The standard InChI is InChI=1S/C20H17Cl2N3O2/c1-20(2)18(27)14-12(7-8-21)17(26)16-15(13(14)9-23-20)24-19(25-16)10-3-5-11(22)6-4-10/h3-6,9,12,14H,7-8H2,1-2H3. The van der Waals surface area contributed by atoms with Crippen molar-refractivity contribution < 1.29 is 9.59 Å². The molecule has 2 aliphatic heterocycles. The SMILES string of the molecule is CC1(C)N=CC2=C3N=C(c4ccc(Cl)cc4)N=C3C(=O)C(CCCl)C2C1=O. The van der Waals surface area contributed by atoms with Crippen LogP contribution in [0.15, 0.2) is 50.5 Å². The van der Waals surface area contributed by atoms with Crippen LogP contribution in [0.25, 0.3) is 0 Å². The molecule has 0 saturated carbocycles. The van der Waals surface area contributed by atoms with E-state index in [0.717, 1.165) is 5.56 Å². The molecule has 2 atom stereocenters. The fourth-order valence-corrected chi connectivity index (χ4v) is 4.05. The van der Waals surface area contributed by atoms with Gasteiger partial charge >= 0.3 is 0 Å². The van der Waals surface area contributed by atoms with Crippen LogP contribution in [0.3, 0.4) is 0 Å². The molecule has 1 aromatic carbocycles. The van der Waals surface area contributed by atoms with Crippen LogP contribution >= 0.6 is 23.2 Å². The minimum atomic E-state index is -0.866. The summed E-state index contributed by atoms with van der Waals surface area (Å²) < 4.78 is 0. The first kappa shape index (κ1) is 18.3. The number of carbonyl (C=O) groups excluding carboxylic acids is 2. The minimum absolute atomic E-state index is 0.0786. The number of hydrogen-bond donors (Lipinski definition) is 0. The number of benzene rings is 1. The zero-order valence-corrected chi connectivity index (χ0v) is 16.4. The number of hydrogen-bond acceptors (Lipinski definition) is 5. The zero-order valence-electron chi connectivity index (χ0n) is 14.9. The molecule has 0 radical (unpaired) electrons. The van der Waals surface area contributed by atoms with Gasteiger partial charge in [-0.3, -0.25) is 14.6 Å². The molecule has 1 aliphatic carbocycles. The second-order valence-electron chi connectivity index (χ2n) is 7.31. The van der Waals surface area contributed by atoms with Crippen LogP contribution in [0.2, 0.25) is 5.02 Å². The number of Topliss-reactive ketones (excluding diaryl/α,β-unsaturated/α-hetero) is 2. The lowest BCUT2D eigenvalue weighted by molar-refractivity contribution is -0.131. The maximum atomic E-state index is 13.1. The van der Waals surface area contributed by atoms with Gasteiger partial charge in [0.1, 0.15) is 16.9 Å². The van der Waals surface area contributed by atoms with Gasteiger partial charge < -0.3 is 0 Å². The molecule has 3 aliphatic rings. The second kappa shape index (κ2) is 6.50. The molecule has 0 N–H and O–H groups in total. The van der Waals surface area contributed by atoms with Crippen molar-refractivity contribution in [3.63, 3.8) is 0 Å². The van der Waals surface area contributed by atoms with E-state index in [4.69, 9.17) is 23.2 Å².